The van der Waals surface area contributed by atoms with Gasteiger partial charge in [-0.3, -0.25) is 10.1 Å². The number of carbonyl (C=O) groups excluding carboxylic acids is 1. The van der Waals surface area contributed by atoms with Gasteiger partial charge in [0.05, 0.1) is 41.3 Å². The fourth-order valence-corrected chi connectivity index (χ4v) is 6.92. The van der Waals surface area contributed by atoms with Gasteiger partial charge in [-0.15, -0.1) is 5.10 Å². The lowest BCUT2D eigenvalue weighted by molar-refractivity contribution is 0.00515. The highest BCUT2D eigenvalue weighted by Crippen LogP contribution is 2.42. The molecule has 3 aromatic rings. The number of nitrogen functional groups attached to an aromatic ring is 1. The Kier molecular flexibility index (Phi) is 6.88. The van der Waals surface area contributed by atoms with Gasteiger partial charge in [-0.25, -0.2) is 9.50 Å². The van der Waals surface area contributed by atoms with Crippen molar-refractivity contribution in [3.8, 4) is 11.3 Å². The monoisotopic (exact) mass is 575 g/mol. The van der Waals surface area contributed by atoms with Gasteiger partial charge in [-0.2, -0.15) is 0 Å². The summed E-state index contributed by atoms with van der Waals surface area (Å²) in [6.45, 7) is 7.34. The van der Waals surface area contributed by atoms with Crippen molar-refractivity contribution in [1.29, 1.82) is 0 Å². The van der Waals surface area contributed by atoms with Crippen LogP contribution < -0.4 is 16.0 Å². The summed E-state index contributed by atoms with van der Waals surface area (Å²) in [5.74, 6) is 0.928. The van der Waals surface area contributed by atoms with E-state index < -0.39 is 11.8 Å². The third-order valence-corrected chi connectivity index (χ3v) is 9.74. The minimum Gasteiger partial charge on any atom is -0.390 e. The van der Waals surface area contributed by atoms with Crippen LogP contribution in [0.4, 0.5) is 11.5 Å². The second kappa shape index (κ2) is 10.5. The number of ether oxygens (including phenoxy) is 1. The molecule has 1 aromatic carbocycles. The number of rotatable bonds is 7. The minimum atomic E-state index is -1.04. The van der Waals surface area contributed by atoms with Crippen molar-refractivity contribution in [3.63, 3.8) is 0 Å². The first-order valence-electron chi connectivity index (χ1n) is 15.3. The number of hydrogen-bond acceptors (Lipinski definition) is 9. The van der Waals surface area contributed by atoms with Crippen LogP contribution in [0.5, 0.6) is 0 Å². The Balaban J connectivity index is 1.24. The van der Waals surface area contributed by atoms with E-state index in [4.69, 9.17) is 15.5 Å². The van der Waals surface area contributed by atoms with E-state index in [0.29, 0.717) is 49.7 Å². The Labute approximate surface area is 245 Å². The second-order valence-corrected chi connectivity index (χ2v) is 12.9. The number of aromatic nitrogens is 3. The van der Waals surface area contributed by atoms with E-state index in [0.717, 1.165) is 54.0 Å². The highest BCUT2D eigenvalue weighted by atomic mass is 16.5. The molecule has 42 heavy (non-hydrogen) atoms. The summed E-state index contributed by atoms with van der Waals surface area (Å²) in [5.41, 5.74) is 11.0. The molecule has 2 aliphatic heterocycles. The Morgan fingerprint density at radius 2 is 1.90 bits per heavy atom. The van der Waals surface area contributed by atoms with E-state index in [2.05, 4.69) is 34.4 Å². The number of nitrogens with zero attached hydrogens (tertiary/aromatic N) is 5. The Morgan fingerprint density at radius 1 is 1.17 bits per heavy atom. The van der Waals surface area contributed by atoms with Gasteiger partial charge in [0.2, 0.25) is 0 Å². The number of aliphatic hydroxyl groups is 2. The molecule has 2 aliphatic carbocycles. The van der Waals surface area contributed by atoms with E-state index in [1.807, 2.05) is 24.1 Å². The fraction of sp³-hybridized carbons (Fsp3) is 0.581. The molecule has 1 amide bonds. The molecule has 2 aromatic heterocycles. The first kappa shape index (κ1) is 27.6. The molecule has 11 nitrogen and oxygen atoms in total. The average molecular weight is 576 g/mol. The van der Waals surface area contributed by atoms with Crippen LogP contribution in [0.25, 0.3) is 16.9 Å². The van der Waals surface area contributed by atoms with Gasteiger partial charge in [0.1, 0.15) is 6.23 Å². The van der Waals surface area contributed by atoms with Gasteiger partial charge in [-0.1, -0.05) is 0 Å². The van der Waals surface area contributed by atoms with Crippen LogP contribution in [0.15, 0.2) is 24.4 Å². The number of benzene rings is 1. The summed E-state index contributed by atoms with van der Waals surface area (Å²) in [4.78, 5) is 23.0. The van der Waals surface area contributed by atoms with Crippen LogP contribution in [0.3, 0.4) is 0 Å². The second-order valence-electron chi connectivity index (χ2n) is 12.9. The van der Waals surface area contributed by atoms with Gasteiger partial charge in [0.25, 0.3) is 5.91 Å². The van der Waals surface area contributed by atoms with E-state index in [1.54, 1.807) is 4.52 Å². The maximum atomic E-state index is 13.8. The highest BCUT2D eigenvalue weighted by molar-refractivity contribution is 6.05. The van der Waals surface area contributed by atoms with Crippen molar-refractivity contribution >= 4 is 23.1 Å². The lowest BCUT2D eigenvalue weighted by Gasteiger charge is -2.34. The van der Waals surface area contributed by atoms with Crippen LogP contribution in [-0.4, -0.2) is 79.6 Å². The van der Waals surface area contributed by atoms with Crippen molar-refractivity contribution in [1.82, 2.24) is 24.8 Å². The Bertz CT molecular complexity index is 1500. The van der Waals surface area contributed by atoms with Crippen molar-refractivity contribution in [2.75, 3.05) is 36.9 Å². The Hall–Kier alpha value is -3.25. The number of hydrogen-bond donors (Lipinski definition) is 4. The first-order chi connectivity index (χ1) is 20.2. The third-order valence-electron chi connectivity index (χ3n) is 9.74. The molecule has 4 aliphatic rings. The standard InChI is InChI=1S/C31H41N7O4/c1-18(19-3-4-19)37-17-21-15-20(16-24(25(21)30(37)40)36-11-13-42-14-12-36)23-7-10-38-28(34-23)26(27(32)35-38)29(39)33-22-5-8-31(2,41)9-6-22/h7,10,15-16,18-19,22,29,33,39,41H,3-6,8-9,11-14,17H2,1-2H3,(H2,32,35)/t18-,22?,29?,31?/m0/s1. The topological polar surface area (TPSA) is 141 Å². The molecule has 1 saturated heterocycles. The van der Waals surface area contributed by atoms with E-state index in [9.17, 15) is 15.0 Å². The smallest absolute Gasteiger partial charge is 0.256 e. The lowest BCUT2D eigenvalue weighted by atomic mass is 9.83. The molecule has 0 spiro atoms. The quantitative estimate of drug-likeness (QED) is 0.313. The number of anilines is 2. The predicted octanol–water partition coefficient (Wildman–Crippen LogP) is 2.84. The number of amides is 1. The van der Waals surface area contributed by atoms with Gasteiger partial charge in [0, 0.05) is 43.5 Å². The first-order valence-corrected chi connectivity index (χ1v) is 15.3. The number of morpholine rings is 1. The molecule has 0 bridgehead atoms. The van der Waals surface area contributed by atoms with Crippen molar-refractivity contribution in [3.05, 3.63) is 41.1 Å². The molecule has 1 unspecified atom stereocenters. The normalized spacial score (nSPS) is 26.1. The van der Waals surface area contributed by atoms with E-state index in [1.165, 1.54) is 12.8 Å². The number of nitrogens with one attached hydrogen (secondary N) is 1. The SMILES string of the molecule is C[C@@H](C1CC1)N1Cc2cc(-c3ccn4nc(N)c(C(O)NC5CCC(C)(O)CC5)c4n3)cc(N3CCOCC3)c2C1=O. The molecule has 7 rings (SSSR count). The molecule has 11 heteroatoms. The van der Waals surface area contributed by atoms with Gasteiger partial charge in [-0.05, 0) is 82.1 Å². The maximum absolute atomic E-state index is 13.8. The number of nitrogens with two attached hydrogens (primary N) is 1. The third kappa shape index (κ3) is 5.02. The van der Waals surface area contributed by atoms with Crippen molar-refractivity contribution in [2.24, 2.45) is 5.92 Å². The molecule has 224 valence electrons. The number of aliphatic hydroxyl groups excluding tert-OH is 1. The fourth-order valence-electron chi connectivity index (χ4n) is 6.92. The van der Waals surface area contributed by atoms with E-state index >= 15 is 0 Å². The van der Waals surface area contributed by atoms with Crippen molar-refractivity contribution < 1.29 is 19.7 Å². The summed E-state index contributed by atoms with van der Waals surface area (Å²) in [6, 6.07) is 6.36. The van der Waals surface area contributed by atoms with Crippen LogP contribution in [0.1, 0.15) is 80.1 Å². The summed E-state index contributed by atoms with van der Waals surface area (Å²) in [7, 11) is 0. The number of carbonyl (C=O) groups is 1. The van der Waals surface area contributed by atoms with Crippen LogP contribution in [0.2, 0.25) is 0 Å². The van der Waals surface area contributed by atoms with Gasteiger partial charge >= 0.3 is 0 Å². The summed E-state index contributed by atoms with van der Waals surface area (Å²) in [6.07, 6.45) is 6.01. The average Bonchev–Trinajstić information content (AvgIpc) is 3.70. The lowest BCUT2D eigenvalue weighted by Crippen LogP contribution is -2.41. The predicted molar refractivity (Wildman–Crippen MR) is 159 cm³/mol. The molecular weight excluding hydrogens is 534 g/mol. The molecule has 2 saturated carbocycles. The van der Waals surface area contributed by atoms with Crippen LogP contribution >= 0.6 is 0 Å². The van der Waals surface area contributed by atoms with Crippen LogP contribution in [0, 0.1) is 5.92 Å². The van der Waals surface area contributed by atoms with Crippen LogP contribution in [-0.2, 0) is 11.3 Å². The number of fused-ring (bicyclic) bond motifs is 2. The largest absolute Gasteiger partial charge is 0.390 e. The molecule has 2 atom stereocenters. The zero-order chi connectivity index (χ0) is 29.2. The zero-order valence-electron chi connectivity index (χ0n) is 24.4. The highest BCUT2D eigenvalue weighted by Gasteiger charge is 2.40. The van der Waals surface area contributed by atoms with E-state index in [-0.39, 0.29) is 23.8 Å². The molecule has 5 N–H and O–H groups in total. The maximum Gasteiger partial charge on any atom is 0.256 e. The van der Waals surface area contributed by atoms with Gasteiger partial charge < -0.3 is 30.5 Å². The molecule has 0 radical (unpaired) electrons. The zero-order valence-corrected chi connectivity index (χ0v) is 24.4. The Morgan fingerprint density at radius 3 is 2.62 bits per heavy atom. The minimum absolute atomic E-state index is 0.0593. The molecular formula is C31H41N7O4. The van der Waals surface area contributed by atoms with Crippen molar-refractivity contribution in [2.45, 2.75) is 82.8 Å². The summed E-state index contributed by atoms with van der Waals surface area (Å²) < 4.78 is 7.22. The molecule has 4 heterocycles. The summed E-state index contributed by atoms with van der Waals surface area (Å²) >= 11 is 0. The van der Waals surface area contributed by atoms with Gasteiger partial charge in [0.15, 0.2) is 11.5 Å². The summed E-state index contributed by atoms with van der Waals surface area (Å²) in [5, 5.41) is 29.2. The molecule has 3 fully saturated rings.